The Morgan fingerprint density at radius 2 is 0.877 bits per heavy atom. The molecule has 1 aliphatic rings. The lowest BCUT2D eigenvalue weighted by Gasteiger charge is -2.20. The van der Waals surface area contributed by atoms with Gasteiger partial charge in [-0.15, -0.1) is 11.3 Å². The maximum atomic E-state index is 2.45. The van der Waals surface area contributed by atoms with Gasteiger partial charge in [0, 0.05) is 25.7 Å². The van der Waals surface area contributed by atoms with E-state index in [0.717, 1.165) is 0 Å². The Balaban J connectivity index is 1.20. The molecule has 0 bridgehead atoms. The van der Waals surface area contributed by atoms with Gasteiger partial charge >= 0.3 is 0 Å². The van der Waals surface area contributed by atoms with E-state index in [1.54, 1.807) is 0 Å². The van der Waals surface area contributed by atoms with Crippen molar-refractivity contribution in [2.24, 2.45) is 0 Å². The van der Waals surface area contributed by atoms with Crippen LogP contribution in [-0.4, -0.2) is 0 Å². The monoisotopic (exact) mass is 740 g/mol. The molecule has 0 spiro atoms. The van der Waals surface area contributed by atoms with Gasteiger partial charge in [0.2, 0.25) is 0 Å². The van der Waals surface area contributed by atoms with Crippen molar-refractivity contribution in [3.63, 3.8) is 0 Å². The van der Waals surface area contributed by atoms with Gasteiger partial charge in [0.25, 0.3) is 0 Å². The Hall–Kier alpha value is -6.80. The predicted octanol–water partition coefficient (Wildman–Crippen LogP) is 16.4. The Labute approximate surface area is 335 Å². The van der Waals surface area contributed by atoms with Gasteiger partial charge in [-0.05, 0) is 132 Å². The van der Waals surface area contributed by atoms with Crippen LogP contribution in [0.1, 0.15) is 11.1 Å². The summed E-state index contributed by atoms with van der Waals surface area (Å²) in [5.74, 6) is 0. The number of hydrogen-bond donors (Lipinski definition) is 0. The number of thiophene rings is 1. The highest BCUT2D eigenvalue weighted by Gasteiger charge is 2.31. The van der Waals surface area contributed by atoms with Crippen LogP contribution in [0.15, 0.2) is 182 Å². The molecule has 0 unspecified atom stereocenters. The number of hydrogen-bond acceptors (Lipinski definition) is 1. The largest absolute Gasteiger partial charge is 0.135 e. The standard InChI is InChI=1S/C56H36S/c1-33-19-23-36(24-20-33)51-43-15-8-9-16-44(43)52(37-25-21-34(2)22-26-37)55-46-28-27-41(42-17-10-18-45(53(42)46)54(51)55)48-30-40(35-11-4-3-5-12-35)31-49-47-29-38-13-6-7-14-39(38)32-50(47)57-56(48)49/h3-32H,1-2H3. The average molecular weight is 741 g/mol. The van der Waals surface area contributed by atoms with E-state index < -0.39 is 0 Å². The van der Waals surface area contributed by atoms with Crippen LogP contribution in [0.5, 0.6) is 0 Å². The summed E-state index contributed by atoms with van der Waals surface area (Å²) in [5.41, 5.74) is 18.0. The van der Waals surface area contributed by atoms with E-state index in [9.17, 15) is 0 Å². The first-order chi connectivity index (χ1) is 28.1. The van der Waals surface area contributed by atoms with Gasteiger partial charge in [-0.25, -0.2) is 0 Å². The number of rotatable bonds is 4. The third-order valence-corrected chi connectivity index (χ3v) is 13.5. The van der Waals surface area contributed by atoms with Crippen LogP contribution in [0.4, 0.5) is 0 Å². The van der Waals surface area contributed by atoms with Crippen molar-refractivity contribution in [3.8, 4) is 66.8 Å². The summed E-state index contributed by atoms with van der Waals surface area (Å²) in [6, 6.07) is 68.5. The first-order valence-corrected chi connectivity index (χ1v) is 20.6. The van der Waals surface area contributed by atoms with E-state index >= 15 is 0 Å². The normalized spacial score (nSPS) is 12.0. The summed E-state index contributed by atoms with van der Waals surface area (Å²) in [6.45, 7) is 4.35. The van der Waals surface area contributed by atoms with Crippen molar-refractivity contribution in [2.75, 3.05) is 0 Å². The molecule has 0 aliphatic heterocycles. The first-order valence-electron chi connectivity index (χ1n) is 19.8. The third-order valence-electron chi connectivity index (χ3n) is 12.3. The molecule has 0 N–H and O–H groups in total. The van der Waals surface area contributed by atoms with Gasteiger partial charge in [-0.2, -0.15) is 0 Å². The van der Waals surface area contributed by atoms with Gasteiger partial charge in [0.1, 0.15) is 0 Å². The summed E-state index contributed by atoms with van der Waals surface area (Å²) in [6.07, 6.45) is 0. The van der Waals surface area contributed by atoms with Crippen molar-refractivity contribution >= 4 is 63.8 Å². The molecule has 0 saturated heterocycles. The molecule has 0 radical (unpaired) electrons. The van der Waals surface area contributed by atoms with Gasteiger partial charge in [-0.1, -0.05) is 169 Å². The summed E-state index contributed by atoms with van der Waals surface area (Å²) < 4.78 is 2.66. The molecule has 12 rings (SSSR count). The number of aryl methyl sites for hydroxylation is 2. The summed E-state index contributed by atoms with van der Waals surface area (Å²) in [5, 5.41) is 10.4. The molecule has 0 fully saturated rings. The molecule has 57 heavy (non-hydrogen) atoms. The third kappa shape index (κ3) is 4.86. The van der Waals surface area contributed by atoms with Crippen molar-refractivity contribution in [2.45, 2.75) is 13.8 Å². The molecular weight excluding hydrogens is 705 g/mol. The topological polar surface area (TPSA) is 0 Å². The van der Waals surface area contributed by atoms with E-state index in [1.165, 1.54) is 130 Å². The van der Waals surface area contributed by atoms with E-state index in [1.807, 2.05) is 11.3 Å². The zero-order valence-corrected chi connectivity index (χ0v) is 32.5. The Kier molecular flexibility index (Phi) is 7.03. The van der Waals surface area contributed by atoms with Crippen molar-refractivity contribution in [3.05, 3.63) is 193 Å². The van der Waals surface area contributed by atoms with Gasteiger partial charge in [0.15, 0.2) is 0 Å². The van der Waals surface area contributed by atoms with Crippen LogP contribution >= 0.6 is 11.3 Å². The minimum atomic E-state index is 1.23. The Morgan fingerprint density at radius 3 is 1.54 bits per heavy atom. The smallest absolute Gasteiger partial charge is 0.0434 e. The van der Waals surface area contributed by atoms with Crippen LogP contribution in [-0.2, 0) is 0 Å². The fourth-order valence-corrected chi connectivity index (χ4v) is 10.9. The van der Waals surface area contributed by atoms with Crippen molar-refractivity contribution < 1.29 is 0 Å². The van der Waals surface area contributed by atoms with Gasteiger partial charge < -0.3 is 0 Å². The molecule has 0 saturated carbocycles. The molecule has 0 atom stereocenters. The average Bonchev–Trinajstić information content (AvgIpc) is 3.79. The Bertz CT molecular complexity index is 3340. The molecule has 0 nitrogen and oxygen atoms in total. The molecule has 0 amide bonds. The van der Waals surface area contributed by atoms with Crippen molar-refractivity contribution in [1.29, 1.82) is 0 Å². The van der Waals surface area contributed by atoms with Crippen LogP contribution in [0.25, 0.3) is 119 Å². The predicted molar refractivity (Wildman–Crippen MR) is 247 cm³/mol. The molecular formula is C56H36S. The molecule has 1 aromatic heterocycles. The van der Waals surface area contributed by atoms with E-state index in [0.29, 0.717) is 0 Å². The molecule has 266 valence electrons. The fraction of sp³-hybridized carbons (Fsp3) is 0.0357. The number of fused-ring (bicyclic) bond motifs is 8. The SMILES string of the molecule is Cc1ccc(-c2c3c(c(-c4ccc(C)cc4)c4ccccc24)-c2ccc(-c4cc(-c5ccccc5)cc5c4sc4cc6ccccc6cc45)c4cccc-3c24)cc1. The lowest BCUT2D eigenvalue weighted by atomic mass is 9.82. The van der Waals surface area contributed by atoms with E-state index in [2.05, 4.69) is 196 Å². The second-order valence-electron chi connectivity index (χ2n) is 15.7. The fourth-order valence-electron chi connectivity index (χ4n) is 9.64. The minimum Gasteiger partial charge on any atom is -0.135 e. The first kappa shape index (κ1) is 32.4. The summed E-state index contributed by atoms with van der Waals surface area (Å²) in [4.78, 5) is 0. The van der Waals surface area contributed by atoms with Gasteiger partial charge in [-0.3, -0.25) is 0 Å². The zero-order chi connectivity index (χ0) is 37.8. The van der Waals surface area contributed by atoms with Crippen LogP contribution in [0, 0.1) is 13.8 Å². The second kappa shape index (κ2) is 12.4. The molecule has 1 heterocycles. The maximum Gasteiger partial charge on any atom is 0.0434 e. The van der Waals surface area contributed by atoms with Crippen molar-refractivity contribution in [1.82, 2.24) is 0 Å². The van der Waals surface area contributed by atoms with Crippen LogP contribution in [0.3, 0.4) is 0 Å². The lowest BCUT2D eigenvalue weighted by molar-refractivity contribution is 1.47. The highest BCUT2D eigenvalue weighted by Crippen LogP contribution is 2.59. The van der Waals surface area contributed by atoms with Crippen LogP contribution < -0.4 is 0 Å². The molecule has 1 heteroatoms. The molecule has 1 aliphatic carbocycles. The lowest BCUT2D eigenvalue weighted by Crippen LogP contribution is -1.93. The van der Waals surface area contributed by atoms with E-state index in [-0.39, 0.29) is 0 Å². The zero-order valence-electron chi connectivity index (χ0n) is 31.7. The maximum absolute atomic E-state index is 2.45. The van der Waals surface area contributed by atoms with Crippen LogP contribution in [0.2, 0.25) is 0 Å². The Morgan fingerprint density at radius 1 is 0.316 bits per heavy atom. The summed E-state index contributed by atoms with van der Waals surface area (Å²) >= 11 is 1.93. The summed E-state index contributed by atoms with van der Waals surface area (Å²) in [7, 11) is 0. The van der Waals surface area contributed by atoms with Gasteiger partial charge in [0.05, 0.1) is 0 Å². The molecule has 10 aromatic carbocycles. The quantitative estimate of drug-likeness (QED) is 0.169. The highest BCUT2D eigenvalue weighted by atomic mass is 32.1. The minimum absolute atomic E-state index is 1.23. The number of benzene rings is 10. The molecule has 11 aromatic rings. The highest BCUT2D eigenvalue weighted by molar-refractivity contribution is 7.26. The van der Waals surface area contributed by atoms with E-state index in [4.69, 9.17) is 0 Å². The second-order valence-corrected chi connectivity index (χ2v) is 16.8.